The Morgan fingerprint density at radius 3 is 2.65 bits per heavy atom. The lowest BCUT2D eigenvalue weighted by atomic mass is 10.2. The van der Waals surface area contributed by atoms with Crippen LogP contribution in [0, 0.1) is 0 Å². The highest BCUT2D eigenvalue weighted by atomic mass is 32.2. The van der Waals surface area contributed by atoms with Gasteiger partial charge in [0, 0.05) is 23.3 Å². The number of aromatic nitrogens is 1. The maximum atomic E-state index is 11.7. The Hall–Kier alpha value is -1.76. The molecule has 0 fully saturated rings. The van der Waals surface area contributed by atoms with Gasteiger partial charge in [0.25, 0.3) is 5.56 Å². The van der Waals surface area contributed by atoms with Crippen molar-refractivity contribution >= 4 is 23.7 Å². The van der Waals surface area contributed by atoms with Crippen molar-refractivity contribution in [2.45, 2.75) is 11.8 Å². The molecular weight excluding hydrogens is 246 g/mol. The minimum atomic E-state index is -1.19. The second-order valence-corrected chi connectivity index (χ2v) is 4.65. The largest absolute Gasteiger partial charge is 0.480 e. The van der Waals surface area contributed by atoms with Gasteiger partial charge in [0.2, 0.25) is 0 Å². The number of fused-ring (bicyclic) bond motifs is 1. The Kier molecular flexibility index (Phi) is 2.93. The summed E-state index contributed by atoms with van der Waals surface area (Å²) < 4.78 is 1.16. The lowest BCUT2D eigenvalue weighted by Crippen LogP contribution is -2.36. The number of thioether (sulfide) groups is 1. The molecular formula is C10H9NO5S. The molecule has 0 bridgehead atoms. The van der Waals surface area contributed by atoms with Crippen LogP contribution in [0.3, 0.4) is 0 Å². The first kappa shape index (κ1) is 11.7. The number of aliphatic carboxylic acids is 1. The zero-order valence-corrected chi connectivity index (χ0v) is 9.44. The van der Waals surface area contributed by atoms with Crippen LogP contribution < -0.4 is 5.56 Å². The van der Waals surface area contributed by atoms with Gasteiger partial charge in [-0.15, -0.1) is 0 Å². The first-order chi connectivity index (χ1) is 8.00. The number of pyridine rings is 1. The van der Waals surface area contributed by atoms with Crippen LogP contribution in [0.4, 0.5) is 0 Å². The van der Waals surface area contributed by atoms with Crippen molar-refractivity contribution in [2.75, 3.05) is 5.75 Å². The monoisotopic (exact) mass is 255 g/mol. The number of rotatable bonds is 2. The van der Waals surface area contributed by atoms with Crippen molar-refractivity contribution in [1.82, 2.24) is 4.57 Å². The molecule has 1 aromatic rings. The summed E-state index contributed by atoms with van der Waals surface area (Å²) in [6.45, 7) is 0. The summed E-state index contributed by atoms with van der Waals surface area (Å²) in [5, 5.41) is 17.8. The molecule has 17 heavy (non-hydrogen) atoms. The summed E-state index contributed by atoms with van der Waals surface area (Å²) >= 11 is 1.37. The number of hydrogen-bond donors (Lipinski definition) is 2. The first-order valence-corrected chi connectivity index (χ1v) is 5.95. The van der Waals surface area contributed by atoms with E-state index in [-0.39, 0.29) is 5.56 Å². The lowest BCUT2D eigenvalue weighted by molar-refractivity contribution is -0.140. The summed E-state index contributed by atoms with van der Waals surface area (Å²) in [5.74, 6) is -1.51. The molecule has 1 unspecified atom stereocenters. The second kappa shape index (κ2) is 4.25. The predicted octanol–water partition coefficient (Wildman–Crippen LogP) is 0.419. The maximum Gasteiger partial charge on any atom is 0.335 e. The molecule has 0 radical (unpaired) electrons. The number of carbonyl (C=O) groups is 2. The van der Waals surface area contributed by atoms with Crippen LogP contribution in [0.25, 0.3) is 0 Å². The van der Waals surface area contributed by atoms with E-state index in [1.165, 1.54) is 17.8 Å². The van der Waals surface area contributed by atoms with Crippen molar-refractivity contribution in [3.05, 3.63) is 33.7 Å². The highest BCUT2D eigenvalue weighted by Crippen LogP contribution is 2.26. The standard InChI is InChI=1S/C10H9NO5S/c12-8-2-5(9(13)14)1-6-3-17-4-7(10(15)16)11(6)8/h1-2,7H,3-4H2,(H,13,14)(H,15,16). The van der Waals surface area contributed by atoms with Gasteiger partial charge in [-0.2, -0.15) is 11.8 Å². The molecule has 7 heteroatoms. The van der Waals surface area contributed by atoms with E-state index < -0.39 is 23.5 Å². The van der Waals surface area contributed by atoms with E-state index in [1.807, 2.05) is 0 Å². The summed E-state index contributed by atoms with van der Waals surface area (Å²) in [7, 11) is 0. The van der Waals surface area contributed by atoms with Crippen LogP contribution in [0.2, 0.25) is 0 Å². The van der Waals surface area contributed by atoms with Gasteiger partial charge in [-0.1, -0.05) is 0 Å². The number of carboxylic acid groups (broad SMARTS) is 2. The normalized spacial score (nSPS) is 18.5. The molecule has 2 heterocycles. The van der Waals surface area contributed by atoms with E-state index in [0.717, 1.165) is 10.6 Å². The van der Waals surface area contributed by atoms with E-state index in [2.05, 4.69) is 0 Å². The minimum Gasteiger partial charge on any atom is -0.480 e. The van der Waals surface area contributed by atoms with Crippen molar-refractivity contribution < 1.29 is 19.8 Å². The fourth-order valence-corrected chi connectivity index (χ4v) is 2.82. The number of aromatic carboxylic acids is 1. The molecule has 0 aliphatic carbocycles. The Morgan fingerprint density at radius 2 is 2.06 bits per heavy atom. The van der Waals surface area contributed by atoms with Gasteiger partial charge in [-0.05, 0) is 6.07 Å². The molecule has 2 N–H and O–H groups in total. The molecule has 0 saturated heterocycles. The Balaban J connectivity index is 2.61. The molecule has 0 aromatic carbocycles. The van der Waals surface area contributed by atoms with Crippen molar-refractivity contribution in [3.63, 3.8) is 0 Å². The fraction of sp³-hybridized carbons (Fsp3) is 0.300. The highest BCUT2D eigenvalue weighted by Gasteiger charge is 2.27. The average Bonchev–Trinajstić information content (AvgIpc) is 2.27. The number of carboxylic acids is 2. The van der Waals surface area contributed by atoms with Gasteiger partial charge in [-0.25, -0.2) is 9.59 Å². The quantitative estimate of drug-likeness (QED) is 0.795. The van der Waals surface area contributed by atoms with Crippen LogP contribution >= 0.6 is 11.8 Å². The van der Waals surface area contributed by atoms with Gasteiger partial charge in [0.05, 0.1) is 5.56 Å². The molecule has 1 atom stereocenters. The molecule has 1 aromatic heterocycles. The van der Waals surface area contributed by atoms with E-state index in [0.29, 0.717) is 17.2 Å². The maximum absolute atomic E-state index is 11.7. The smallest absolute Gasteiger partial charge is 0.335 e. The summed E-state index contributed by atoms with van der Waals surface area (Å²) in [4.78, 5) is 33.5. The molecule has 0 amide bonds. The van der Waals surface area contributed by atoms with Gasteiger partial charge in [0.15, 0.2) is 0 Å². The molecule has 0 saturated carbocycles. The van der Waals surface area contributed by atoms with Crippen LogP contribution in [-0.2, 0) is 10.5 Å². The van der Waals surface area contributed by atoms with E-state index in [1.54, 1.807) is 0 Å². The van der Waals surface area contributed by atoms with Crippen molar-refractivity contribution in [1.29, 1.82) is 0 Å². The molecule has 1 aliphatic rings. The van der Waals surface area contributed by atoms with Gasteiger partial charge < -0.3 is 10.2 Å². The van der Waals surface area contributed by atoms with Crippen LogP contribution in [0.1, 0.15) is 22.1 Å². The Bertz CT molecular complexity index is 550. The zero-order valence-electron chi connectivity index (χ0n) is 8.62. The van der Waals surface area contributed by atoms with Crippen LogP contribution in [0.15, 0.2) is 16.9 Å². The van der Waals surface area contributed by atoms with E-state index >= 15 is 0 Å². The SMILES string of the molecule is O=C(O)c1cc2n(c(=O)c1)C(C(=O)O)CSC2. The number of nitrogens with zero attached hydrogens (tertiary/aromatic N) is 1. The zero-order chi connectivity index (χ0) is 12.6. The fourth-order valence-electron chi connectivity index (χ4n) is 1.75. The van der Waals surface area contributed by atoms with Gasteiger partial charge in [-0.3, -0.25) is 9.36 Å². The van der Waals surface area contributed by atoms with Crippen LogP contribution in [0.5, 0.6) is 0 Å². The Labute approximate surface area is 99.9 Å². The predicted molar refractivity (Wildman–Crippen MR) is 60.5 cm³/mol. The molecule has 2 rings (SSSR count). The van der Waals surface area contributed by atoms with E-state index in [9.17, 15) is 14.4 Å². The van der Waals surface area contributed by atoms with Gasteiger partial charge >= 0.3 is 11.9 Å². The number of hydrogen-bond acceptors (Lipinski definition) is 4. The third-order valence-electron chi connectivity index (χ3n) is 2.52. The average molecular weight is 255 g/mol. The van der Waals surface area contributed by atoms with Crippen molar-refractivity contribution in [3.8, 4) is 0 Å². The lowest BCUT2D eigenvalue weighted by Gasteiger charge is -2.24. The first-order valence-electron chi connectivity index (χ1n) is 4.80. The molecule has 90 valence electrons. The third-order valence-corrected chi connectivity index (χ3v) is 3.57. The topological polar surface area (TPSA) is 96.6 Å². The van der Waals surface area contributed by atoms with E-state index in [4.69, 9.17) is 10.2 Å². The van der Waals surface area contributed by atoms with Crippen LogP contribution in [-0.4, -0.2) is 32.5 Å². The highest BCUT2D eigenvalue weighted by molar-refractivity contribution is 7.98. The third kappa shape index (κ3) is 2.05. The second-order valence-electron chi connectivity index (χ2n) is 3.62. The molecule has 0 spiro atoms. The Morgan fingerprint density at radius 1 is 1.35 bits per heavy atom. The van der Waals surface area contributed by atoms with Crippen molar-refractivity contribution in [2.24, 2.45) is 0 Å². The minimum absolute atomic E-state index is 0.104. The molecule has 1 aliphatic heterocycles. The summed E-state index contributed by atoms with van der Waals surface area (Å²) in [6.07, 6.45) is 0. The molecule has 6 nitrogen and oxygen atoms in total. The summed E-state index contributed by atoms with van der Waals surface area (Å²) in [5.41, 5.74) is -0.237. The van der Waals surface area contributed by atoms with Gasteiger partial charge in [0.1, 0.15) is 6.04 Å². The summed E-state index contributed by atoms with van der Waals surface area (Å²) in [6, 6.07) is 1.39.